The largest absolute Gasteiger partial charge is 0.348 e. The number of rotatable bonds is 6. The van der Waals surface area contributed by atoms with E-state index in [1.54, 1.807) is 12.1 Å². The smallest absolute Gasteiger partial charge is 0.264 e. The van der Waals surface area contributed by atoms with Crippen molar-refractivity contribution in [2.24, 2.45) is 0 Å². The lowest BCUT2D eigenvalue weighted by molar-refractivity contribution is -0.120. The highest BCUT2D eigenvalue weighted by Crippen LogP contribution is 2.30. The van der Waals surface area contributed by atoms with Crippen LogP contribution in [0, 0.1) is 12.7 Å². The van der Waals surface area contributed by atoms with E-state index in [0.717, 1.165) is 34.7 Å². The summed E-state index contributed by atoms with van der Waals surface area (Å²) in [6, 6.07) is 19.3. The van der Waals surface area contributed by atoms with E-state index < -0.39 is 28.3 Å². The summed E-state index contributed by atoms with van der Waals surface area (Å²) in [7, 11) is -4.03. The molecule has 0 saturated heterocycles. The van der Waals surface area contributed by atoms with E-state index in [-0.39, 0.29) is 16.6 Å². The van der Waals surface area contributed by atoms with Gasteiger partial charge in [0.2, 0.25) is 5.91 Å². The molecule has 0 radical (unpaired) electrons. The number of nitrogens with one attached hydrogen (secondary N) is 1. The van der Waals surface area contributed by atoms with Crippen LogP contribution in [0.1, 0.15) is 35.6 Å². The molecule has 0 heterocycles. The van der Waals surface area contributed by atoms with Crippen molar-refractivity contribution in [3.8, 4) is 0 Å². The number of aryl methyl sites for hydroxylation is 2. The Morgan fingerprint density at radius 1 is 1.03 bits per heavy atom. The Balaban J connectivity index is 1.62. The Morgan fingerprint density at radius 3 is 2.44 bits per heavy atom. The van der Waals surface area contributed by atoms with Crippen molar-refractivity contribution in [2.75, 3.05) is 10.8 Å². The SMILES string of the molecule is Cc1ccc(S(=O)(=O)N(CC(=O)N[C@H]2CCCc3ccccc32)c2ccc(F)cc2)cc1. The molecule has 0 spiro atoms. The van der Waals surface area contributed by atoms with Gasteiger partial charge in [-0.05, 0) is 73.7 Å². The van der Waals surface area contributed by atoms with E-state index in [4.69, 9.17) is 0 Å². The number of halogens is 1. The minimum atomic E-state index is -4.03. The molecule has 32 heavy (non-hydrogen) atoms. The van der Waals surface area contributed by atoms with Crippen LogP contribution in [0.3, 0.4) is 0 Å². The summed E-state index contributed by atoms with van der Waals surface area (Å²) in [6.07, 6.45) is 2.71. The van der Waals surface area contributed by atoms with Gasteiger partial charge in [-0.2, -0.15) is 0 Å². The molecule has 0 saturated carbocycles. The highest BCUT2D eigenvalue weighted by Gasteiger charge is 2.29. The second kappa shape index (κ2) is 9.12. The highest BCUT2D eigenvalue weighted by molar-refractivity contribution is 7.92. The molecule has 1 aliphatic carbocycles. The van der Waals surface area contributed by atoms with Crippen molar-refractivity contribution in [3.05, 3.63) is 95.3 Å². The zero-order valence-corrected chi connectivity index (χ0v) is 18.6. The van der Waals surface area contributed by atoms with Gasteiger partial charge in [-0.1, -0.05) is 42.0 Å². The van der Waals surface area contributed by atoms with Crippen LogP contribution in [0.2, 0.25) is 0 Å². The molecule has 0 aromatic heterocycles. The van der Waals surface area contributed by atoms with Crippen LogP contribution in [0.5, 0.6) is 0 Å². The second-order valence-electron chi connectivity index (χ2n) is 8.01. The Labute approximate surface area is 187 Å². The number of hydrogen-bond donors (Lipinski definition) is 1. The normalized spacial score (nSPS) is 15.6. The molecule has 0 bridgehead atoms. The third-order valence-corrected chi connectivity index (χ3v) is 7.50. The molecule has 1 atom stereocenters. The van der Waals surface area contributed by atoms with Gasteiger partial charge >= 0.3 is 0 Å². The predicted octanol–water partition coefficient (Wildman–Crippen LogP) is 4.52. The number of nitrogens with zero attached hydrogens (tertiary/aromatic N) is 1. The molecular weight excluding hydrogens is 427 g/mol. The molecule has 7 heteroatoms. The Hall–Kier alpha value is -3.19. The molecule has 1 aliphatic rings. The van der Waals surface area contributed by atoms with Gasteiger partial charge in [0.25, 0.3) is 10.0 Å². The van der Waals surface area contributed by atoms with Gasteiger partial charge in [-0.3, -0.25) is 9.10 Å². The molecule has 4 rings (SSSR count). The number of sulfonamides is 1. The van der Waals surface area contributed by atoms with E-state index in [1.807, 2.05) is 25.1 Å². The maximum Gasteiger partial charge on any atom is 0.264 e. The number of amides is 1. The van der Waals surface area contributed by atoms with Gasteiger partial charge in [0.05, 0.1) is 16.6 Å². The van der Waals surface area contributed by atoms with Crippen LogP contribution in [-0.2, 0) is 21.2 Å². The second-order valence-corrected chi connectivity index (χ2v) is 9.87. The molecule has 0 aliphatic heterocycles. The number of hydrogen-bond acceptors (Lipinski definition) is 3. The summed E-state index contributed by atoms with van der Waals surface area (Å²) in [5, 5.41) is 3.00. The molecule has 3 aromatic rings. The lowest BCUT2D eigenvalue weighted by Crippen LogP contribution is -2.42. The first-order valence-electron chi connectivity index (χ1n) is 10.6. The third kappa shape index (κ3) is 4.67. The zero-order chi connectivity index (χ0) is 22.7. The number of carbonyl (C=O) groups excluding carboxylic acids is 1. The van der Waals surface area contributed by atoms with Crippen LogP contribution in [0.25, 0.3) is 0 Å². The quantitative estimate of drug-likeness (QED) is 0.598. The van der Waals surface area contributed by atoms with E-state index in [0.29, 0.717) is 0 Å². The van der Waals surface area contributed by atoms with Crippen LogP contribution >= 0.6 is 0 Å². The molecule has 5 nitrogen and oxygen atoms in total. The van der Waals surface area contributed by atoms with Gasteiger partial charge in [-0.25, -0.2) is 12.8 Å². The van der Waals surface area contributed by atoms with Crippen LogP contribution in [-0.4, -0.2) is 20.9 Å². The standard InChI is InChI=1S/C25H25FN2O3S/c1-18-9-15-22(16-10-18)32(30,31)28(21-13-11-20(26)12-14-21)17-25(29)27-24-8-4-6-19-5-2-3-7-23(19)24/h2-3,5,7,9-16,24H,4,6,8,17H2,1H3,(H,27,29)/t24-/m0/s1. The van der Waals surface area contributed by atoms with Crippen LogP contribution in [0.15, 0.2) is 77.7 Å². The molecule has 166 valence electrons. The topological polar surface area (TPSA) is 66.5 Å². The van der Waals surface area contributed by atoms with Crippen molar-refractivity contribution in [1.29, 1.82) is 0 Å². The molecule has 0 unspecified atom stereocenters. The van der Waals surface area contributed by atoms with Gasteiger partial charge in [0.15, 0.2) is 0 Å². The maximum absolute atomic E-state index is 13.5. The minimum absolute atomic E-state index is 0.0724. The first-order chi connectivity index (χ1) is 15.3. The van der Waals surface area contributed by atoms with Gasteiger partial charge in [0.1, 0.15) is 12.4 Å². The fraction of sp³-hybridized carbons (Fsp3) is 0.240. The maximum atomic E-state index is 13.5. The van der Waals surface area contributed by atoms with Gasteiger partial charge < -0.3 is 5.32 Å². The van der Waals surface area contributed by atoms with E-state index in [9.17, 15) is 17.6 Å². The minimum Gasteiger partial charge on any atom is -0.348 e. The monoisotopic (exact) mass is 452 g/mol. The van der Waals surface area contributed by atoms with Crippen molar-refractivity contribution in [2.45, 2.75) is 37.1 Å². The number of carbonyl (C=O) groups is 1. The fourth-order valence-corrected chi connectivity index (χ4v) is 5.46. The Morgan fingerprint density at radius 2 is 1.72 bits per heavy atom. The predicted molar refractivity (Wildman–Crippen MR) is 122 cm³/mol. The first-order valence-corrected chi connectivity index (χ1v) is 12.0. The molecule has 3 aromatic carbocycles. The highest BCUT2D eigenvalue weighted by atomic mass is 32.2. The number of anilines is 1. The Kier molecular flexibility index (Phi) is 6.28. The Bertz CT molecular complexity index is 1210. The van der Waals surface area contributed by atoms with E-state index in [2.05, 4.69) is 11.4 Å². The fourth-order valence-electron chi connectivity index (χ4n) is 4.03. The summed E-state index contributed by atoms with van der Waals surface area (Å²) >= 11 is 0. The van der Waals surface area contributed by atoms with Crippen LogP contribution < -0.4 is 9.62 Å². The zero-order valence-electron chi connectivity index (χ0n) is 17.8. The van der Waals surface area contributed by atoms with E-state index in [1.165, 1.54) is 42.0 Å². The summed E-state index contributed by atoms with van der Waals surface area (Å²) in [5.41, 5.74) is 3.42. The van der Waals surface area contributed by atoms with E-state index >= 15 is 0 Å². The van der Waals surface area contributed by atoms with Crippen LogP contribution in [0.4, 0.5) is 10.1 Å². The summed E-state index contributed by atoms with van der Waals surface area (Å²) in [5.74, 6) is -0.892. The third-order valence-electron chi connectivity index (χ3n) is 5.72. The lowest BCUT2D eigenvalue weighted by atomic mass is 9.88. The molecule has 1 amide bonds. The van der Waals surface area contributed by atoms with Crippen molar-refractivity contribution in [1.82, 2.24) is 5.32 Å². The first kappa shape index (κ1) is 22.0. The molecule has 1 N–H and O–H groups in total. The van der Waals surface area contributed by atoms with Gasteiger partial charge in [0, 0.05) is 0 Å². The average Bonchev–Trinajstić information content (AvgIpc) is 2.79. The lowest BCUT2D eigenvalue weighted by Gasteiger charge is -2.28. The van der Waals surface area contributed by atoms with Gasteiger partial charge in [-0.15, -0.1) is 0 Å². The summed E-state index contributed by atoms with van der Waals surface area (Å²) in [4.78, 5) is 13.1. The van der Waals surface area contributed by atoms with Crippen molar-refractivity contribution < 1.29 is 17.6 Å². The summed E-state index contributed by atoms with van der Waals surface area (Å²) in [6.45, 7) is 1.46. The number of benzene rings is 3. The number of fused-ring (bicyclic) bond motifs is 1. The van der Waals surface area contributed by atoms with Crippen molar-refractivity contribution >= 4 is 21.6 Å². The average molecular weight is 453 g/mol. The molecular formula is C25H25FN2O3S. The van der Waals surface area contributed by atoms with Crippen molar-refractivity contribution in [3.63, 3.8) is 0 Å². The molecule has 0 fully saturated rings. The summed E-state index contributed by atoms with van der Waals surface area (Å²) < 4.78 is 41.3.